The van der Waals surface area contributed by atoms with E-state index in [1.165, 1.54) is 22.7 Å². The summed E-state index contributed by atoms with van der Waals surface area (Å²) in [7, 11) is 0. The summed E-state index contributed by atoms with van der Waals surface area (Å²) in [4.78, 5) is 17.5. The maximum atomic E-state index is 12.9. The quantitative estimate of drug-likeness (QED) is 0.534. The lowest BCUT2D eigenvalue weighted by Crippen LogP contribution is -2.32. The van der Waals surface area contributed by atoms with Crippen LogP contribution in [0.1, 0.15) is 24.1 Å². The van der Waals surface area contributed by atoms with Crippen LogP contribution in [-0.4, -0.2) is 9.55 Å². The molecule has 0 atom stereocenters. The van der Waals surface area contributed by atoms with Gasteiger partial charge in [-0.3, -0.25) is 9.36 Å². The predicted octanol–water partition coefficient (Wildman–Crippen LogP) is 3.07. The highest BCUT2D eigenvalue weighted by molar-refractivity contribution is 7.19. The molecule has 1 aromatic carbocycles. The highest BCUT2D eigenvalue weighted by Crippen LogP contribution is 2.25. The van der Waals surface area contributed by atoms with E-state index in [0.29, 0.717) is 32.1 Å². The zero-order chi connectivity index (χ0) is 18.8. The van der Waals surface area contributed by atoms with Gasteiger partial charge in [-0.2, -0.15) is 5.26 Å². The van der Waals surface area contributed by atoms with Gasteiger partial charge in [-0.25, -0.2) is 4.98 Å². The highest BCUT2D eigenvalue weighted by Gasteiger charge is 2.14. The van der Waals surface area contributed by atoms with Gasteiger partial charge in [-0.1, -0.05) is 19.1 Å². The third-order valence-corrected chi connectivity index (χ3v) is 6.19. The topological polar surface area (TPSA) is 71.8 Å². The second kappa shape index (κ2) is 7.35. The average Bonchev–Trinajstić information content (AvgIpc) is 3.39. The Morgan fingerprint density at radius 1 is 1.30 bits per heavy atom. The summed E-state index contributed by atoms with van der Waals surface area (Å²) >= 11 is 2.77. The third kappa shape index (κ3) is 3.25. The first kappa shape index (κ1) is 17.5. The van der Waals surface area contributed by atoms with Crippen molar-refractivity contribution >= 4 is 44.5 Å². The lowest BCUT2D eigenvalue weighted by molar-refractivity contribution is 0.556. The number of hydrogen-bond donors (Lipinski definition) is 0. The maximum absolute atomic E-state index is 12.9. The highest BCUT2D eigenvalue weighted by atomic mass is 32.1. The van der Waals surface area contributed by atoms with Crippen LogP contribution in [0.2, 0.25) is 0 Å². The molecule has 0 amide bonds. The Hall–Kier alpha value is -2.95. The summed E-state index contributed by atoms with van der Waals surface area (Å²) in [6.45, 7) is 2.56. The van der Waals surface area contributed by atoms with Gasteiger partial charge in [0.1, 0.15) is 27.1 Å². The molecule has 0 fully saturated rings. The van der Waals surface area contributed by atoms with E-state index in [4.69, 9.17) is 4.42 Å². The first-order valence-electron chi connectivity index (χ1n) is 8.46. The van der Waals surface area contributed by atoms with Gasteiger partial charge in [0.15, 0.2) is 0 Å². The number of para-hydroxylation sites is 1. The van der Waals surface area contributed by atoms with Crippen molar-refractivity contribution in [2.75, 3.05) is 0 Å². The molecular formula is C20H15N3O2S2. The van der Waals surface area contributed by atoms with Crippen LogP contribution in [-0.2, 0) is 6.54 Å². The number of fused-ring (bicyclic) bond motifs is 1. The monoisotopic (exact) mass is 393 g/mol. The van der Waals surface area contributed by atoms with Crippen LogP contribution < -0.4 is 14.8 Å². The number of hydrogen-bond acceptors (Lipinski definition) is 6. The molecule has 3 heterocycles. The second-order valence-electron chi connectivity index (χ2n) is 5.86. The number of nitrogens with zero attached hydrogens (tertiary/aromatic N) is 3. The summed E-state index contributed by atoms with van der Waals surface area (Å²) in [6.07, 6.45) is 4.08. The van der Waals surface area contributed by atoms with Crippen molar-refractivity contribution in [3.63, 3.8) is 0 Å². The molecule has 0 unspecified atom stereocenters. The molecule has 5 nitrogen and oxygen atoms in total. The van der Waals surface area contributed by atoms with Crippen molar-refractivity contribution < 1.29 is 4.42 Å². The van der Waals surface area contributed by atoms with Crippen molar-refractivity contribution in [2.45, 2.75) is 19.9 Å². The molecular weight excluding hydrogens is 378 g/mol. The van der Waals surface area contributed by atoms with E-state index < -0.39 is 0 Å². The van der Waals surface area contributed by atoms with Crippen LogP contribution in [0.25, 0.3) is 21.9 Å². The van der Waals surface area contributed by atoms with Crippen molar-refractivity contribution in [3.05, 3.63) is 73.0 Å². The Morgan fingerprint density at radius 2 is 2.15 bits per heavy atom. The van der Waals surface area contributed by atoms with Crippen molar-refractivity contribution in [1.82, 2.24) is 9.55 Å². The fourth-order valence-electron chi connectivity index (χ4n) is 2.80. The van der Waals surface area contributed by atoms with Crippen LogP contribution in [0.4, 0.5) is 0 Å². The SMILES string of the molecule is CCCn1c(=O)/c(=C\c2ccco2)s/c1=C(\C#N)c1nc2ccccc2s1. The molecule has 0 aliphatic carbocycles. The number of thiazole rings is 2. The lowest BCUT2D eigenvalue weighted by atomic mass is 10.3. The molecule has 4 rings (SSSR count). The standard InChI is InChI=1S/C20H15N3O2S2/c1-2-9-23-19(24)17(11-13-6-5-10-25-13)27-20(23)14(12-21)18-22-15-7-3-4-8-16(15)26-18/h3-8,10-11H,2,9H2,1H3/b17-11+,20-14+. The van der Waals surface area contributed by atoms with E-state index in [1.54, 1.807) is 29.0 Å². The minimum atomic E-state index is -0.109. The molecule has 4 aromatic rings. The fourth-order valence-corrected chi connectivity index (χ4v) is 4.94. The van der Waals surface area contributed by atoms with E-state index in [1.807, 2.05) is 31.2 Å². The molecule has 7 heteroatoms. The van der Waals surface area contributed by atoms with Gasteiger partial charge >= 0.3 is 0 Å². The molecule has 3 aromatic heterocycles. The largest absolute Gasteiger partial charge is 0.465 e. The molecule has 27 heavy (non-hydrogen) atoms. The van der Waals surface area contributed by atoms with Gasteiger partial charge in [0.2, 0.25) is 0 Å². The van der Waals surface area contributed by atoms with Gasteiger partial charge in [-0.05, 0) is 30.7 Å². The third-order valence-electron chi connectivity index (χ3n) is 4.00. The number of nitriles is 1. The Balaban J connectivity index is 2.02. The maximum Gasteiger partial charge on any atom is 0.269 e. The Labute approximate surface area is 162 Å². The second-order valence-corrected chi connectivity index (χ2v) is 7.92. The average molecular weight is 393 g/mol. The zero-order valence-corrected chi connectivity index (χ0v) is 16.1. The van der Waals surface area contributed by atoms with Crippen molar-refractivity contribution in [1.29, 1.82) is 5.26 Å². The normalized spacial score (nSPS) is 13.1. The van der Waals surface area contributed by atoms with Crippen LogP contribution in [0.15, 0.2) is 51.9 Å². The van der Waals surface area contributed by atoms with Gasteiger partial charge in [0.25, 0.3) is 5.56 Å². The lowest BCUT2D eigenvalue weighted by Gasteiger charge is -1.99. The van der Waals surface area contributed by atoms with Crippen LogP contribution in [0.5, 0.6) is 0 Å². The zero-order valence-electron chi connectivity index (χ0n) is 14.5. The molecule has 0 spiro atoms. The Kier molecular flexibility index (Phi) is 4.75. The molecule has 0 bridgehead atoms. The van der Waals surface area contributed by atoms with Crippen LogP contribution in [0.3, 0.4) is 0 Å². The van der Waals surface area contributed by atoms with Gasteiger partial charge in [0.05, 0.1) is 21.0 Å². The van der Waals surface area contributed by atoms with E-state index in [-0.39, 0.29) is 5.56 Å². The number of furan rings is 1. The molecule has 134 valence electrons. The van der Waals surface area contributed by atoms with Crippen molar-refractivity contribution in [2.24, 2.45) is 0 Å². The number of rotatable bonds is 4. The number of aromatic nitrogens is 2. The summed E-state index contributed by atoms with van der Waals surface area (Å²) in [5, 5.41) is 10.5. The predicted molar refractivity (Wildman–Crippen MR) is 108 cm³/mol. The minimum absolute atomic E-state index is 0.109. The Morgan fingerprint density at radius 3 is 2.85 bits per heavy atom. The number of benzene rings is 1. The van der Waals surface area contributed by atoms with E-state index in [0.717, 1.165) is 16.6 Å². The fraction of sp³-hybridized carbons (Fsp3) is 0.150. The smallest absolute Gasteiger partial charge is 0.269 e. The van der Waals surface area contributed by atoms with Gasteiger partial charge in [-0.15, -0.1) is 22.7 Å². The summed E-state index contributed by atoms with van der Waals surface area (Å²) < 4.78 is 9.21. The molecule has 0 N–H and O–H groups in total. The summed E-state index contributed by atoms with van der Waals surface area (Å²) in [5.74, 6) is 0.613. The first-order chi connectivity index (χ1) is 13.2. The molecule has 0 aliphatic heterocycles. The molecule has 0 saturated carbocycles. The summed E-state index contributed by atoms with van der Waals surface area (Å²) in [5.41, 5.74) is 1.18. The van der Waals surface area contributed by atoms with Crippen molar-refractivity contribution in [3.8, 4) is 6.07 Å². The van der Waals surface area contributed by atoms with Gasteiger partial charge < -0.3 is 4.42 Å². The molecule has 0 saturated heterocycles. The summed E-state index contributed by atoms with van der Waals surface area (Å²) in [6, 6.07) is 13.6. The van der Waals surface area contributed by atoms with E-state index in [9.17, 15) is 10.1 Å². The first-order valence-corrected chi connectivity index (χ1v) is 10.1. The van der Waals surface area contributed by atoms with Crippen LogP contribution >= 0.6 is 22.7 Å². The molecule has 0 radical (unpaired) electrons. The van der Waals surface area contributed by atoms with Gasteiger partial charge in [0, 0.05) is 12.6 Å². The molecule has 0 aliphatic rings. The Bertz CT molecular complexity index is 1290. The minimum Gasteiger partial charge on any atom is -0.465 e. The van der Waals surface area contributed by atoms with Crippen LogP contribution in [0, 0.1) is 11.3 Å². The van der Waals surface area contributed by atoms with E-state index in [2.05, 4.69) is 11.1 Å². The van der Waals surface area contributed by atoms with E-state index >= 15 is 0 Å².